The fourth-order valence-corrected chi connectivity index (χ4v) is 3.79. The van der Waals surface area contributed by atoms with Gasteiger partial charge in [0.15, 0.2) is 8.38 Å². The Morgan fingerprint density at radius 3 is 2.61 bits per heavy atom. The standard InChI is InChI=1S/C19H22NO2P/c1-3-22-23(21-2)14-15-8-10-17(11-9-15)19-13-12-16-6-4-5-7-18(16)20-19/h4-13,19-20H,3,14H2,1-2H3. The summed E-state index contributed by atoms with van der Waals surface area (Å²) in [7, 11) is 0.889. The first-order valence-electron chi connectivity index (χ1n) is 7.87. The maximum absolute atomic E-state index is 5.60. The highest BCUT2D eigenvalue weighted by Gasteiger charge is 2.14. The van der Waals surface area contributed by atoms with Gasteiger partial charge in [-0.1, -0.05) is 54.6 Å². The molecule has 2 atom stereocenters. The number of hydrogen-bond donors (Lipinski definition) is 1. The van der Waals surface area contributed by atoms with Gasteiger partial charge in [0.05, 0.1) is 12.6 Å². The van der Waals surface area contributed by atoms with Crippen LogP contribution < -0.4 is 5.32 Å². The molecule has 0 aliphatic carbocycles. The summed E-state index contributed by atoms with van der Waals surface area (Å²) in [6.07, 6.45) is 5.22. The Kier molecular flexibility index (Phi) is 5.45. The molecule has 0 spiro atoms. The molecule has 23 heavy (non-hydrogen) atoms. The van der Waals surface area contributed by atoms with Gasteiger partial charge in [0.2, 0.25) is 0 Å². The first kappa shape index (κ1) is 16.2. The molecule has 0 fully saturated rings. The van der Waals surface area contributed by atoms with Crippen LogP contribution in [0, 0.1) is 0 Å². The lowest BCUT2D eigenvalue weighted by Crippen LogP contribution is -2.12. The summed E-state index contributed by atoms with van der Waals surface area (Å²) >= 11 is 0. The molecule has 1 aliphatic heterocycles. The zero-order valence-corrected chi connectivity index (χ0v) is 14.4. The molecule has 3 rings (SSSR count). The summed E-state index contributed by atoms with van der Waals surface area (Å²) in [6.45, 7) is 2.68. The number of hydrogen-bond acceptors (Lipinski definition) is 3. The molecule has 2 aromatic carbocycles. The minimum atomic E-state index is -0.823. The second kappa shape index (κ2) is 7.74. The van der Waals surface area contributed by atoms with E-state index in [0.717, 1.165) is 6.16 Å². The monoisotopic (exact) mass is 327 g/mol. The summed E-state index contributed by atoms with van der Waals surface area (Å²) in [5, 5.41) is 3.57. The van der Waals surface area contributed by atoms with Crippen LogP contribution in [0.15, 0.2) is 54.6 Å². The highest BCUT2D eigenvalue weighted by Crippen LogP contribution is 2.41. The lowest BCUT2D eigenvalue weighted by atomic mass is 9.99. The van der Waals surface area contributed by atoms with Crippen LogP contribution in [0.4, 0.5) is 5.69 Å². The van der Waals surface area contributed by atoms with Crippen molar-refractivity contribution >= 4 is 20.1 Å². The highest BCUT2D eigenvalue weighted by molar-refractivity contribution is 7.46. The molecule has 3 nitrogen and oxygen atoms in total. The fraction of sp³-hybridized carbons (Fsp3) is 0.263. The molecule has 1 aliphatic rings. The second-order valence-corrected chi connectivity index (χ2v) is 7.01. The van der Waals surface area contributed by atoms with Gasteiger partial charge in [-0.15, -0.1) is 0 Å². The van der Waals surface area contributed by atoms with Crippen molar-refractivity contribution in [1.82, 2.24) is 0 Å². The number of rotatable bonds is 6. The lowest BCUT2D eigenvalue weighted by Gasteiger charge is -2.23. The molecule has 0 radical (unpaired) electrons. The van der Waals surface area contributed by atoms with Crippen LogP contribution >= 0.6 is 8.38 Å². The van der Waals surface area contributed by atoms with Crippen LogP contribution in [0.5, 0.6) is 0 Å². The summed E-state index contributed by atoms with van der Waals surface area (Å²) in [5.74, 6) is 0. The smallest absolute Gasteiger partial charge is 0.174 e. The SMILES string of the molecule is CCOP(Cc1ccc(C2C=Cc3ccccc3N2)cc1)OC. The molecular weight excluding hydrogens is 305 g/mol. The van der Waals surface area contributed by atoms with Gasteiger partial charge >= 0.3 is 0 Å². The molecule has 120 valence electrons. The van der Waals surface area contributed by atoms with E-state index in [9.17, 15) is 0 Å². The van der Waals surface area contributed by atoms with Gasteiger partial charge in [-0.05, 0) is 29.7 Å². The van der Waals surface area contributed by atoms with Gasteiger partial charge in [0.25, 0.3) is 0 Å². The summed E-state index contributed by atoms with van der Waals surface area (Å²) < 4.78 is 11.0. The molecule has 1 N–H and O–H groups in total. The van der Waals surface area contributed by atoms with Crippen molar-refractivity contribution in [3.05, 3.63) is 71.3 Å². The Morgan fingerprint density at radius 1 is 1.09 bits per heavy atom. The number of nitrogens with one attached hydrogen (secondary N) is 1. The third-order valence-corrected chi connectivity index (χ3v) is 5.44. The Balaban J connectivity index is 1.69. The van der Waals surface area contributed by atoms with Crippen molar-refractivity contribution in [2.24, 2.45) is 0 Å². The van der Waals surface area contributed by atoms with E-state index in [1.54, 1.807) is 7.11 Å². The molecule has 0 saturated carbocycles. The first-order valence-corrected chi connectivity index (χ1v) is 9.23. The van der Waals surface area contributed by atoms with Crippen LogP contribution in [0.25, 0.3) is 6.08 Å². The Morgan fingerprint density at radius 2 is 1.87 bits per heavy atom. The summed E-state index contributed by atoms with van der Waals surface area (Å²) in [4.78, 5) is 0. The van der Waals surface area contributed by atoms with Crippen molar-refractivity contribution in [2.45, 2.75) is 19.1 Å². The number of para-hydroxylation sites is 1. The van der Waals surface area contributed by atoms with Crippen LogP contribution in [-0.2, 0) is 15.2 Å². The van der Waals surface area contributed by atoms with E-state index in [1.165, 1.54) is 22.4 Å². The average Bonchev–Trinajstić information content (AvgIpc) is 2.61. The molecule has 0 aromatic heterocycles. The minimum absolute atomic E-state index is 0.217. The third-order valence-electron chi connectivity index (χ3n) is 3.87. The van der Waals surface area contributed by atoms with Gasteiger partial charge < -0.3 is 14.4 Å². The van der Waals surface area contributed by atoms with Crippen molar-refractivity contribution < 1.29 is 9.05 Å². The maximum Gasteiger partial charge on any atom is 0.174 e. The highest BCUT2D eigenvalue weighted by atomic mass is 31.2. The average molecular weight is 327 g/mol. The largest absolute Gasteiger partial charge is 0.374 e. The van der Waals surface area contributed by atoms with E-state index in [2.05, 4.69) is 66.0 Å². The first-order chi connectivity index (χ1) is 11.3. The van der Waals surface area contributed by atoms with Gasteiger partial charge in [-0.25, -0.2) is 0 Å². The van der Waals surface area contributed by atoms with E-state index in [1.807, 2.05) is 6.92 Å². The Labute approximate surface area is 139 Å². The summed E-state index contributed by atoms with van der Waals surface area (Å²) in [5.41, 5.74) is 4.93. The molecule has 2 aromatic rings. The second-order valence-electron chi connectivity index (χ2n) is 5.40. The topological polar surface area (TPSA) is 30.5 Å². The van der Waals surface area contributed by atoms with Gasteiger partial charge in [-0.2, -0.15) is 0 Å². The molecule has 4 heteroatoms. The van der Waals surface area contributed by atoms with E-state index in [-0.39, 0.29) is 6.04 Å². The number of fused-ring (bicyclic) bond motifs is 1. The van der Waals surface area contributed by atoms with Crippen molar-refractivity contribution in [1.29, 1.82) is 0 Å². The predicted molar refractivity (Wildman–Crippen MR) is 97.5 cm³/mol. The maximum atomic E-state index is 5.60. The van der Waals surface area contributed by atoms with Crippen LogP contribution in [-0.4, -0.2) is 13.7 Å². The van der Waals surface area contributed by atoms with Gasteiger partial charge in [-0.3, -0.25) is 0 Å². The Bertz CT molecular complexity index is 669. The lowest BCUT2D eigenvalue weighted by molar-refractivity contribution is 0.297. The quantitative estimate of drug-likeness (QED) is 0.724. The number of benzene rings is 2. The third kappa shape index (κ3) is 4.00. The molecular formula is C19H22NO2P. The predicted octanol–water partition coefficient (Wildman–Crippen LogP) is 5.36. The van der Waals surface area contributed by atoms with Crippen LogP contribution in [0.2, 0.25) is 0 Å². The van der Waals surface area contributed by atoms with E-state index in [4.69, 9.17) is 9.05 Å². The fourth-order valence-electron chi connectivity index (χ4n) is 2.67. The van der Waals surface area contributed by atoms with Crippen LogP contribution in [0.1, 0.15) is 29.7 Å². The molecule has 0 saturated heterocycles. The minimum Gasteiger partial charge on any atom is -0.374 e. The van der Waals surface area contributed by atoms with E-state index in [0.29, 0.717) is 6.61 Å². The normalized spacial score (nSPS) is 17.4. The van der Waals surface area contributed by atoms with Gasteiger partial charge in [0, 0.05) is 19.0 Å². The van der Waals surface area contributed by atoms with Gasteiger partial charge in [0.1, 0.15) is 0 Å². The zero-order valence-electron chi connectivity index (χ0n) is 13.5. The zero-order chi connectivity index (χ0) is 16.1. The number of anilines is 1. The van der Waals surface area contributed by atoms with E-state index >= 15 is 0 Å². The van der Waals surface area contributed by atoms with E-state index < -0.39 is 8.38 Å². The van der Waals surface area contributed by atoms with Crippen molar-refractivity contribution in [3.63, 3.8) is 0 Å². The molecule has 0 bridgehead atoms. The summed E-state index contributed by atoms with van der Waals surface area (Å²) in [6, 6.07) is 17.3. The van der Waals surface area contributed by atoms with Crippen LogP contribution in [0.3, 0.4) is 0 Å². The Hall–Kier alpha value is -1.67. The molecule has 2 unspecified atom stereocenters. The molecule has 1 heterocycles. The van der Waals surface area contributed by atoms with Crippen molar-refractivity contribution in [3.8, 4) is 0 Å². The van der Waals surface area contributed by atoms with Crippen molar-refractivity contribution in [2.75, 3.05) is 19.0 Å². The molecule has 0 amide bonds.